The molecular weight excluding hydrogens is 360 g/mol. The minimum absolute atomic E-state index is 0.0497. The van der Waals surface area contributed by atoms with Crippen molar-refractivity contribution in [3.05, 3.63) is 75.3 Å². The second-order valence-electron chi connectivity index (χ2n) is 6.64. The summed E-state index contributed by atoms with van der Waals surface area (Å²) in [5.74, 6) is 5.01. The van der Waals surface area contributed by atoms with Gasteiger partial charge in [-0.3, -0.25) is 16.0 Å². The van der Waals surface area contributed by atoms with Crippen molar-refractivity contribution >= 4 is 11.7 Å². The summed E-state index contributed by atoms with van der Waals surface area (Å²) in [7, 11) is 0. The van der Waals surface area contributed by atoms with Gasteiger partial charge in [0.2, 0.25) is 0 Å². The Morgan fingerprint density at radius 1 is 1.29 bits per heavy atom. The second-order valence-corrected chi connectivity index (χ2v) is 6.64. The van der Waals surface area contributed by atoms with E-state index >= 15 is 0 Å². The molecule has 0 heterocycles. The molecule has 0 aliphatic carbocycles. The van der Waals surface area contributed by atoms with Crippen molar-refractivity contribution in [1.29, 1.82) is 5.26 Å². The molecule has 2 rings (SSSR count). The average Bonchev–Trinajstić information content (AvgIpc) is 2.70. The molecule has 0 fully saturated rings. The Balaban J connectivity index is 1.99. The van der Waals surface area contributed by atoms with Gasteiger partial charge < -0.3 is 5.11 Å². The summed E-state index contributed by atoms with van der Waals surface area (Å²) >= 11 is 0. The standard InChI is InChI=1S/C20H22N4O4/c1-20(19(25)26,17-7-4-6-16(13-17)14-21)23(22)12-3-2-5-15-8-10-18(11-9-15)24(27)28/h4,6-11,13H,2-3,5,12,22H2,1H3,(H,25,26). The van der Waals surface area contributed by atoms with Gasteiger partial charge in [0.1, 0.15) is 0 Å². The first-order valence-corrected chi connectivity index (χ1v) is 8.78. The molecule has 0 saturated carbocycles. The molecule has 0 aliphatic heterocycles. The average molecular weight is 382 g/mol. The molecule has 28 heavy (non-hydrogen) atoms. The number of non-ortho nitro benzene ring substituents is 1. The predicted molar refractivity (Wildman–Crippen MR) is 103 cm³/mol. The zero-order valence-electron chi connectivity index (χ0n) is 15.5. The number of nitriles is 1. The van der Waals surface area contributed by atoms with E-state index in [1.165, 1.54) is 30.1 Å². The third kappa shape index (κ3) is 4.71. The van der Waals surface area contributed by atoms with Gasteiger partial charge in [-0.1, -0.05) is 24.3 Å². The van der Waals surface area contributed by atoms with Crippen LogP contribution in [-0.4, -0.2) is 27.6 Å². The Bertz CT molecular complexity index is 892. The molecule has 2 aromatic carbocycles. The van der Waals surface area contributed by atoms with Crippen LogP contribution in [0.25, 0.3) is 0 Å². The van der Waals surface area contributed by atoms with E-state index in [1.54, 1.807) is 30.3 Å². The largest absolute Gasteiger partial charge is 0.480 e. The van der Waals surface area contributed by atoms with E-state index in [9.17, 15) is 20.0 Å². The lowest BCUT2D eigenvalue weighted by molar-refractivity contribution is -0.384. The van der Waals surface area contributed by atoms with Gasteiger partial charge in [0.25, 0.3) is 5.69 Å². The quantitative estimate of drug-likeness (QED) is 0.295. The molecular formula is C20H22N4O4. The minimum atomic E-state index is -1.46. The van der Waals surface area contributed by atoms with Crippen LogP contribution >= 0.6 is 0 Å². The number of nitrogens with zero attached hydrogens (tertiary/aromatic N) is 3. The van der Waals surface area contributed by atoms with Gasteiger partial charge in [0, 0.05) is 18.7 Å². The van der Waals surface area contributed by atoms with Crippen LogP contribution in [0.1, 0.15) is 36.5 Å². The smallest absolute Gasteiger partial charge is 0.329 e. The Kier molecular flexibility index (Phi) is 6.82. The maximum Gasteiger partial charge on any atom is 0.329 e. The number of nitro benzene ring substituents is 1. The number of nitrogens with two attached hydrogens (primary N) is 1. The maximum atomic E-state index is 11.9. The molecule has 8 heteroatoms. The van der Waals surface area contributed by atoms with E-state index in [4.69, 9.17) is 11.1 Å². The number of unbranched alkanes of at least 4 members (excludes halogenated alkanes) is 1. The molecule has 146 valence electrons. The van der Waals surface area contributed by atoms with Gasteiger partial charge in [-0.15, -0.1) is 0 Å². The lowest BCUT2D eigenvalue weighted by atomic mass is 9.90. The highest BCUT2D eigenvalue weighted by atomic mass is 16.6. The summed E-state index contributed by atoms with van der Waals surface area (Å²) < 4.78 is 0. The Morgan fingerprint density at radius 3 is 2.54 bits per heavy atom. The summed E-state index contributed by atoms with van der Waals surface area (Å²) in [4.78, 5) is 22.2. The molecule has 0 amide bonds. The third-order valence-corrected chi connectivity index (χ3v) is 4.81. The fraction of sp³-hybridized carbons (Fsp3) is 0.300. The van der Waals surface area contributed by atoms with Crippen LogP contribution in [0, 0.1) is 21.4 Å². The number of hydrogen-bond donors (Lipinski definition) is 2. The molecule has 0 spiro atoms. The number of benzene rings is 2. The first kappa shape index (κ1) is 21.0. The van der Waals surface area contributed by atoms with Crippen molar-refractivity contribution in [3.63, 3.8) is 0 Å². The Morgan fingerprint density at radius 2 is 1.96 bits per heavy atom. The van der Waals surface area contributed by atoms with Crippen LogP contribution in [0.3, 0.4) is 0 Å². The molecule has 8 nitrogen and oxygen atoms in total. The number of rotatable bonds is 9. The fourth-order valence-corrected chi connectivity index (χ4v) is 2.92. The SMILES string of the molecule is CC(C(=O)O)(c1cccc(C#N)c1)N(N)CCCCc1ccc([N+](=O)[O-])cc1. The normalized spacial score (nSPS) is 12.9. The molecule has 0 bridgehead atoms. The highest BCUT2D eigenvalue weighted by Crippen LogP contribution is 2.27. The third-order valence-electron chi connectivity index (χ3n) is 4.81. The van der Waals surface area contributed by atoms with Crippen molar-refractivity contribution in [2.45, 2.75) is 31.7 Å². The first-order valence-electron chi connectivity index (χ1n) is 8.78. The highest BCUT2D eigenvalue weighted by Gasteiger charge is 2.40. The van der Waals surface area contributed by atoms with E-state index in [2.05, 4.69) is 0 Å². The van der Waals surface area contributed by atoms with E-state index in [0.29, 0.717) is 30.5 Å². The fourth-order valence-electron chi connectivity index (χ4n) is 2.92. The van der Waals surface area contributed by atoms with Crippen molar-refractivity contribution in [1.82, 2.24) is 5.01 Å². The van der Waals surface area contributed by atoms with Gasteiger partial charge in [-0.2, -0.15) is 5.26 Å². The Labute approximate surface area is 162 Å². The molecule has 1 atom stereocenters. The van der Waals surface area contributed by atoms with E-state index in [0.717, 1.165) is 12.0 Å². The van der Waals surface area contributed by atoms with Crippen LogP contribution in [-0.2, 0) is 16.8 Å². The highest BCUT2D eigenvalue weighted by molar-refractivity contribution is 5.80. The van der Waals surface area contributed by atoms with Crippen molar-refractivity contribution in [2.75, 3.05) is 6.54 Å². The number of hydrazine groups is 1. The number of nitro groups is 1. The van der Waals surface area contributed by atoms with E-state index in [-0.39, 0.29) is 5.69 Å². The van der Waals surface area contributed by atoms with Crippen LogP contribution < -0.4 is 5.84 Å². The minimum Gasteiger partial charge on any atom is -0.480 e. The van der Waals surface area contributed by atoms with Crippen molar-refractivity contribution in [2.24, 2.45) is 5.84 Å². The summed E-state index contributed by atoms with van der Waals surface area (Å²) in [6.07, 6.45) is 2.10. The number of carboxylic acids is 1. The predicted octanol–water partition coefficient (Wildman–Crippen LogP) is 2.96. The molecule has 3 N–H and O–H groups in total. The molecule has 1 unspecified atom stereocenters. The lowest BCUT2D eigenvalue weighted by Crippen LogP contribution is -2.54. The van der Waals surface area contributed by atoms with E-state index in [1.807, 2.05) is 6.07 Å². The van der Waals surface area contributed by atoms with Gasteiger partial charge >= 0.3 is 5.97 Å². The summed E-state index contributed by atoms with van der Waals surface area (Å²) in [5, 5.41) is 30.8. The number of aryl methyl sites for hydroxylation is 1. The topological polar surface area (TPSA) is 133 Å². The lowest BCUT2D eigenvalue weighted by Gasteiger charge is -2.35. The Hall–Kier alpha value is -3.28. The van der Waals surface area contributed by atoms with Crippen LogP contribution in [0.5, 0.6) is 0 Å². The zero-order valence-corrected chi connectivity index (χ0v) is 15.5. The molecule has 0 radical (unpaired) electrons. The number of hydrogen-bond acceptors (Lipinski definition) is 6. The van der Waals surface area contributed by atoms with Gasteiger partial charge in [-0.25, -0.2) is 9.80 Å². The maximum absolute atomic E-state index is 11.9. The van der Waals surface area contributed by atoms with Crippen LogP contribution in [0.4, 0.5) is 5.69 Å². The van der Waals surface area contributed by atoms with Crippen molar-refractivity contribution in [3.8, 4) is 6.07 Å². The van der Waals surface area contributed by atoms with Gasteiger partial charge in [0.05, 0.1) is 16.6 Å². The molecule has 2 aromatic rings. The first-order chi connectivity index (χ1) is 13.3. The van der Waals surface area contributed by atoms with E-state index < -0.39 is 16.4 Å². The number of carboxylic acid groups (broad SMARTS) is 1. The number of aliphatic carboxylic acids is 1. The summed E-state index contributed by atoms with van der Waals surface area (Å²) in [5.41, 5.74) is 0.374. The molecule has 0 saturated heterocycles. The zero-order chi connectivity index (χ0) is 20.7. The van der Waals surface area contributed by atoms with Crippen LogP contribution in [0.2, 0.25) is 0 Å². The molecule has 0 aromatic heterocycles. The molecule has 0 aliphatic rings. The summed E-state index contributed by atoms with van der Waals surface area (Å²) in [6, 6.07) is 14.8. The number of carbonyl (C=O) groups is 1. The van der Waals surface area contributed by atoms with Crippen LogP contribution in [0.15, 0.2) is 48.5 Å². The van der Waals surface area contributed by atoms with Crippen molar-refractivity contribution < 1.29 is 14.8 Å². The van der Waals surface area contributed by atoms with Gasteiger partial charge in [-0.05, 0) is 49.4 Å². The second kappa shape index (κ2) is 9.08. The van der Waals surface area contributed by atoms with Gasteiger partial charge in [0.15, 0.2) is 5.54 Å². The summed E-state index contributed by atoms with van der Waals surface area (Å²) in [6.45, 7) is 1.86. The monoisotopic (exact) mass is 382 g/mol.